The standard InChI is InChI=1S/C20H37N7O2/c1-26(17-7-3-2-4-8-17)19-23-18(22-10-14-29-16-15-28-13-9-21)24-20(25-19)27-11-5-6-12-27/h17H,2-16,21H2,1H3,(H,22,23,24,25). The number of rotatable bonds is 12. The first-order valence-electron chi connectivity index (χ1n) is 11.1. The van der Waals surface area contributed by atoms with Gasteiger partial charge in [0.05, 0.1) is 26.4 Å². The monoisotopic (exact) mass is 407 g/mol. The third kappa shape index (κ3) is 6.94. The van der Waals surface area contributed by atoms with Crippen molar-refractivity contribution in [2.75, 3.05) is 74.8 Å². The van der Waals surface area contributed by atoms with Gasteiger partial charge in [0.1, 0.15) is 0 Å². The highest BCUT2D eigenvalue weighted by atomic mass is 16.5. The van der Waals surface area contributed by atoms with Crippen LogP contribution in [0.5, 0.6) is 0 Å². The molecule has 3 N–H and O–H groups in total. The SMILES string of the molecule is CN(c1nc(NCCOCCOCCN)nc(N2CCCC2)n1)C1CCCCC1. The van der Waals surface area contributed by atoms with Crippen LogP contribution in [0.2, 0.25) is 0 Å². The van der Waals surface area contributed by atoms with E-state index in [9.17, 15) is 0 Å². The lowest BCUT2D eigenvalue weighted by Crippen LogP contribution is -2.35. The molecule has 0 radical (unpaired) electrons. The van der Waals surface area contributed by atoms with E-state index < -0.39 is 0 Å². The normalized spacial score (nSPS) is 17.7. The Morgan fingerprint density at radius 1 is 0.966 bits per heavy atom. The highest BCUT2D eigenvalue weighted by Crippen LogP contribution is 2.26. The predicted molar refractivity (Wildman–Crippen MR) is 116 cm³/mol. The molecule has 0 amide bonds. The Kier molecular flexibility index (Phi) is 9.17. The maximum atomic E-state index is 5.58. The van der Waals surface area contributed by atoms with Gasteiger partial charge in [-0.2, -0.15) is 15.0 Å². The fourth-order valence-corrected chi connectivity index (χ4v) is 3.92. The van der Waals surface area contributed by atoms with Gasteiger partial charge in [0.25, 0.3) is 0 Å². The summed E-state index contributed by atoms with van der Waals surface area (Å²) in [5.41, 5.74) is 5.39. The summed E-state index contributed by atoms with van der Waals surface area (Å²) >= 11 is 0. The summed E-state index contributed by atoms with van der Waals surface area (Å²) in [6.45, 7) is 5.49. The molecule has 1 saturated heterocycles. The van der Waals surface area contributed by atoms with Gasteiger partial charge in [-0.25, -0.2) is 0 Å². The van der Waals surface area contributed by atoms with Crippen LogP contribution in [0.4, 0.5) is 17.8 Å². The average molecular weight is 408 g/mol. The van der Waals surface area contributed by atoms with Gasteiger partial charge in [0.15, 0.2) is 0 Å². The fraction of sp³-hybridized carbons (Fsp3) is 0.850. The Morgan fingerprint density at radius 2 is 1.69 bits per heavy atom. The highest BCUT2D eigenvalue weighted by molar-refractivity contribution is 5.46. The molecule has 1 saturated carbocycles. The fourth-order valence-electron chi connectivity index (χ4n) is 3.92. The van der Waals surface area contributed by atoms with E-state index in [2.05, 4.69) is 27.1 Å². The minimum atomic E-state index is 0.516. The molecule has 0 spiro atoms. The number of hydrogen-bond acceptors (Lipinski definition) is 9. The topological polar surface area (TPSA) is 102 Å². The lowest BCUT2D eigenvalue weighted by Gasteiger charge is -2.31. The molecule has 1 aliphatic heterocycles. The van der Waals surface area contributed by atoms with Crippen molar-refractivity contribution in [2.24, 2.45) is 5.73 Å². The van der Waals surface area contributed by atoms with Crippen LogP contribution in [0.25, 0.3) is 0 Å². The molecular weight excluding hydrogens is 370 g/mol. The number of nitrogens with one attached hydrogen (secondary N) is 1. The summed E-state index contributed by atoms with van der Waals surface area (Å²) in [5, 5.41) is 3.31. The van der Waals surface area contributed by atoms with E-state index in [0.717, 1.165) is 25.0 Å². The molecule has 2 heterocycles. The molecule has 0 unspecified atom stereocenters. The van der Waals surface area contributed by atoms with Crippen molar-refractivity contribution in [3.8, 4) is 0 Å². The zero-order valence-electron chi connectivity index (χ0n) is 17.8. The number of hydrogen-bond donors (Lipinski definition) is 2. The summed E-state index contributed by atoms with van der Waals surface area (Å²) < 4.78 is 10.9. The quantitative estimate of drug-likeness (QED) is 0.501. The van der Waals surface area contributed by atoms with Crippen molar-refractivity contribution in [3.05, 3.63) is 0 Å². The molecular formula is C20H37N7O2. The molecule has 2 fully saturated rings. The Balaban J connectivity index is 1.57. The molecule has 164 valence electrons. The van der Waals surface area contributed by atoms with Gasteiger partial charge in [-0.1, -0.05) is 19.3 Å². The van der Waals surface area contributed by atoms with Crippen molar-refractivity contribution in [3.63, 3.8) is 0 Å². The van der Waals surface area contributed by atoms with Gasteiger partial charge in [-0.15, -0.1) is 0 Å². The molecule has 29 heavy (non-hydrogen) atoms. The van der Waals surface area contributed by atoms with Crippen molar-refractivity contribution < 1.29 is 9.47 Å². The molecule has 3 rings (SSSR count). The summed E-state index contributed by atoms with van der Waals surface area (Å²) in [6, 6.07) is 0.516. The van der Waals surface area contributed by atoms with Crippen molar-refractivity contribution in [1.82, 2.24) is 15.0 Å². The maximum Gasteiger partial charge on any atom is 0.231 e. The van der Waals surface area contributed by atoms with E-state index in [-0.39, 0.29) is 0 Å². The number of anilines is 3. The summed E-state index contributed by atoms with van der Waals surface area (Å²) in [7, 11) is 2.12. The molecule has 1 aromatic heterocycles. The van der Waals surface area contributed by atoms with Gasteiger partial charge >= 0.3 is 0 Å². The summed E-state index contributed by atoms with van der Waals surface area (Å²) in [6.07, 6.45) is 8.73. The highest BCUT2D eigenvalue weighted by Gasteiger charge is 2.23. The molecule has 0 bridgehead atoms. The average Bonchev–Trinajstić information content (AvgIpc) is 3.30. The van der Waals surface area contributed by atoms with Crippen molar-refractivity contribution >= 4 is 17.8 Å². The van der Waals surface area contributed by atoms with Crippen LogP contribution in [0.1, 0.15) is 44.9 Å². The lowest BCUT2D eigenvalue weighted by atomic mass is 9.95. The first-order valence-corrected chi connectivity index (χ1v) is 11.1. The first-order chi connectivity index (χ1) is 14.3. The second kappa shape index (κ2) is 12.1. The molecule has 9 heteroatoms. The zero-order chi connectivity index (χ0) is 20.3. The predicted octanol–water partition coefficient (Wildman–Crippen LogP) is 1.64. The lowest BCUT2D eigenvalue weighted by molar-refractivity contribution is 0.0547. The van der Waals surface area contributed by atoms with E-state index in [1.165, 1.54) is 44.9 Å². The van der Waals surface area contributed by atoms with Crippen LogP contribution in [0, 0.1) is 0 Å². The molecule has 9 nitrogen and oxygen atoms in total. The van der Waals surface area contributed by atoms with Crippen LogP contribution >= 0.6 is 0 Å². The van der Waals surface area contributed by atoms with Gasteiger partial charge in [-0.05, 0) is 25.7 Å². The summed E-state index contributed by atoms with van der Waals surface area (Å²) in [5.74, 6) is 2.18. The van der Waals surface area contributed by atoms with Crippen molar-refractivity contribution in [1.29, 1.82) is 0 Å². The molecule has 0 aromatic carbocycles. The second-order valence-corrected chi connectivity index (χ2v) is 7.80. The second-order valence-electron chi connectivity index (χ2n) is 7.80. The minimum Gasteiger partial charge on any atom is -0.378 e. The summed E-state index contributed by atoms with van der Waals surface area (Å²) in [4.78, 5) is 18.7. The van der Waals surface area contributed by atoms with E-state index in [4.69, 9.17) is 25.2 Å². The number of aromatic nitrogens is 3. The zero-order valence-corrected chi connectivity index (χ0v) is 17.8. The maximum absolute atomic E-state index is 5.58. The Hall–Kier alpha value is -1.71. The number of nitrogens with zero attached hydrogens (tertiary/aromatic N) is 5. The molecule has 0 atom stereocenters. The van der Waals surface area contributed by atoms with Crippen LogP contribution in [-0.2, 0) is 9.47 Å². The largest absolute Gasteiger partial charge is 0.378 e. The Bertz CT molecular complexity index is 592. The van der Waals surface area contributed by atoms with Crippen LogP contribution in [0.15, 0.2) is 0 Å². The Labute approximate surface area is 174 Å². The van der Waals surface area contributed by atoms with Crippen molar-refractivity contribution in [2.45, 2.75) is 51.0 Å². The van der Waals surface area contributed by atoms with Crippen LogP contribution in [0.3, 0.4) is 0 Å². The van der Waals surface area contributed by atoms with E-state index in [0.29, 0.717) is 51.5 Å². The smallest absolute Gasteiger partial charge is 0.231 e. The van der Waals surface area contributed by atoms with Gasteiger partial charge in [0, 0.05) is 39.3 Å². The molecule has 1 aliphatic carbocycles. The third-order valence-electron chi connectivity index (χ3n) is 5.60. The first kappa shape index (κ1) is 22.0. The van der Waals surface area contributed by atoms with E-state index in [1.54, 1.807) is 0 Å². The molecule has 2 aliphatic rings. The third-order valence-corrected chi connectivity index (χ3v) is 5.60. The van der Waals surface area contributed by atoms with Gasteiger partial charge < -0.3 is 30.3 Å². The van der Waals surface area contributed by atoms with E-state index in [1.807, 2.05) is 0 Å². The van der Waals surface area contributed by atoms with Gasteiger partial charge in [0.2, 0.25) is 17.8 Å². The Morgan fingerprint density at radius 3 is 2.41 bits per heavy atom. The van der Waals surface area contributed by atoms with Crippen LogP contribution < -0.4 is 20.9 Å². The minimum absolute atomic E-state index is 0.516. The number of ether oxygens (including phenoxy) is 2. The van der Waals surface area contributed by atoms with Crippen LogP contribution in [-0.4, -0.2) is 80.6 Å². The van der Waals surface area contributed by atoms with Gasteiger partial charge in [-0.3, -0.25) is 0 Å². The van der Waals surface area contributed by atoms with E-state index >= 15 is 0 Å². The molecule has 1 aromatic rings. The number of nitrogens with two attached hydrogens (primary N) is 1.